The van der Waals surface area contributed by atoms with E-state index in [9.17, 15) is 4.39 Å². The molecule has 0 aliphatic carbocycles. The number of halogens is 1. The summed E-state index contributed by atoms with van der Waals surface area (Å²) in [4.78, 5) is 1.19. The summed E-state index contributed by atoms with van der Waals surface area (Å²) in [5.41, 5.74) is 2.24. The van der Waals surface area contributed by atoms with Crippen LogP contribution in [0.25, 0.3) is 0 Å². The third-order valence-corrected chi connectivity index (χ3v) is 4.44. The smallest absolute Gasteiger partial charge is 0.123 e. The molecule has 2 aromatic rings. The molecule has 0 amide bonds. The number of nitrogens with zero attached hydrogens (tertiary/aromatic N) is 2. The van der Waals surface area contributed by atoms with Crippen molar-refractivity contribution in [2.24, 2.45) is 7.05 Å². The molecule has 1 aromatic carbocycles. The number of hydrogen-bond acceptors (Lipinski definition) is 3. The third-order valence-electron chi connectivity index (χ3n) is 3.32. The number of thioether (sulfide) groups is 1. The van der Waals surface area contributed by atoms with Crippen LogP contribution in [0.4, 0.5) is 4.39 Å². The molecule has 0 spiro atoms. The van der Waals surface area contributed by atoms with E-state index in [1.54, 1.807) is 22.5 Å². The second kappa shape index (κ2) is 5.35. The Labute approximate surface area is 116 Å². The number of hydrogen-bond donors (Lipinski definition) is 1. The minimum atomic E-state index is -0.158. The molecule has 1 atom stereocenters. The molecule has 1 N–H and O–H groups in total. The summed E-state index contributed by atoms with van der Waals surface area (Å²) in [7, 11) is 1.91. The Kier molecular flexibility index (Phi) is 3.57. The van der Waals surface area contributed by atoms with Crippen molar-refractivity contribution in [1.82, 2.24) is 15.1 Å². The van der Waals surface area contributed by atoms with E-state index in [0.29, 0.717) is 0 Å². The van der Waals surface area contributed by atoms with Crippen LogP contribution in [0, 0.1) is 5.82 Å². The molecule has 3 nitrogen and oxygen atoms in total. The molecule has 0 bridgehead atoms. The first-order chi connectivity index (χ1) is 9.22. The Morgan fingerprint density at radius 3 is 3.21 bits per heavy atom. The van der Waals surface area contributed by atoms with Crippen molar-refractivity contribution in [3.05, 3.63) is 47.5 Å². The Balaban J connectivity index is 1.74. The van der Waals surface area contributed by atoms with E-state index < -0.39 is 0 Å². The fourth-order valence-electron chi connectivity index (χ4n) is 2.38. The Morgan fingerprint density at radius 1 is 1.53 bits per heavy atom. The Hall–Kier alpha value is -1.33. The predicted molar refractivity (Wildman–Crippen MR) is 74.5 cm³/mol. The maximum absolute atomic E-state index is 13.4. The van der Waals surface area contributed by atoms with Crippen molar-refractivity contribution in [2.75, 3.05) is 5.75 Å². The summed E-state index contributed by atoms with van der Waals surface area (Å²) in [5.74, 6) is 0.915. The van der Waals surface area contributed by atoms with Gasteiger partial charge in [0, 0.05) is 36.3 Å². The fourth-order valence-corrected chi connectivity index (χ4v) is 3.49. The highest BCUT2D eigenvalue weighted by molar-refractivity contribution is 7.99. The normalized spacial score (nSPS) is 18.3. The molecule has 5 heteroatoms. The molecule has 19 heavy (non-hydrogen) atoms. The molecule has 100 valence electrons. The number of rotatable bonds is 3. The van der Waals surface area contributed by atoms with E-state index in [1.165, 1.54) is 11.0 Å². The molecule has 0 fully saturated rings. The summed E-state index contributed by atoms with van der Waals surface area (Å²) in [6.07, 6.45) is 4.88. The number of fused-ring (bicyclic) bond motifs is 1. The van der Waals surface area contributed by atoms with Crippen LogP contribution in [0.3, 0.4) is 0 Å². The lowest BCUT2D eigenvalue weighted by Gasteiger charge is -2.26. The number of nitrogens with one attached hydrogen (secondary N) is 1. The minimum absolute atomic E-state index is 0.158. The fraction of sp³-hybridized carbons (Fsp3) is 0.357. The summed E-state index contributed by atoms with van der Waals surface area (Å²) in [6.45, 7) is 0.763. The Bertz CT molecular complexity index is 582. The Morgan fingerprint density at radius 2 is 2.42 bits per heavy atom. The van der Waals surface area contributed by atoms with E-state index in [4.69, 9.17) is 0 Å². The highest BCUT2D eigenvalue weighted by atomic mass is 32.2. The van der Waals surface area contributed by atoms with E-state index in [-0.39, 0.29) is 11.9 Å². The third kappa shape index (κ3) is 2.82. The van der Waals surface area contributed by atoms with Gasteiger partial charge in [-0.3, -0.25) is 4.68 Å². The zero-order chi connectivity index (χ0) is 13.2. The van der Waals surface area contributed by atoms with Gasteiger partial charge in [0.05, 0.1) is 6.20 Å². The molecule has 1 aromatic heterocycles. The lowest BCUT2D eigenvalue weighted by molar-refractivity contribution is 0.504. The number of aromatic nitrogens is 2. The van der Waals surface area contributed by atoms with Gasteiger partial charge in [-0.25, -0.2) is 4.39 Å². The summed E-state index contributed by atoms with van der Waals surface area (Å²) in [5, 5.41) is 7.65. The predicted octanol–water partition coefficient (Wildman–Crippen LogP) is 2.89. The molecule has 0 saturated carbocycles. The molecular formula is C14H16FN3S. The molecule has 1 unspecified atom stereocenters. The van der Waals surface area contributed by atoms with E-state index >= 15 is 0 Å². The van der Waals surface area contributed by atoms with Gasteiger partial charge in [0.1, 0.15) is 5.82 Å². The van der Waals surface area contributed by atoms with Crippen LogP contribution >= 0.6 is 11.8 Å². The molecular weight excluding hydrogens is 261 g/mol. The highest BCUT2D eigenvalue weighted by Gasteiger charge is 2.20. The number of aryl methyl sites for hydroxylation is 1. The first-order valence-corrected chi connectivity index (χ1v) is 7.34. The van der Waals surface area contributed by atoms with Gasteiger partial charge in [0.25, 0.3) is 0 Å². The van der Waals surface area contributed by atoms with Gasteiger partial charge in [0.15, 0.2) is 0 Å². The quantitative estimate of drug-likeness (QED) is 0.935. The topological polar surface area (TPSA) is 29.9 Å². The van der Waals surface area contributed by atoms with Gasteiger partial charge in [0.2, 0.25) is 0 Å². The van der Waals surface area contributed by atoms with Crippen molar-refractivity contribution in [3.8, 4) is 0 Å². The zero-order valence-electron chi connectivity index (χ0n) is 10.8. The second-order valence-electron chi connectivity index (χ2n) is 4.78. The van der Waals surface area contributed by atoms with Crippen molar-refractivity contribution in [3.63, 3.8) is 0 Å². The van der Waals surface area contributed by atoms with Gasteiger partial charge < -0.3 is 5.32 Å². The van der Waals surface area contributed by atoms with E-state index in [0.717, 1.165) is 29.8 Å². The second-order valence-corrected chi connectivity index (χ2v) is 5.91. The van der Waals surface area contributed by atoms with Gasteiger partial charge in [-0.1, -0.05) is 0 Å². The average Bonchev–Trinajstić information content (AvgIpc) is 2.82. The van der Waals surface area contributed by atoms with E-state index in [2.05, 4.69) is 10.4 Å². The highest BCUT2D eigenvalue weighted by Crippen LogP contribution is 2.36. The van der Waals surface area contributed by atoms with Crippen LogP contribution in [-0.2, 0) is 13.6 Å². The molecule has 1 aliphatic rings. The van der Waals surface area contributed by atoms with Crippen LogP contribution in [0.5, 0.6) is 0 Å². The van der Waals surface area contributed by atoms with Gasteiger partial charge >= 0.3 is 0 Å². The van der Waals surface area contributed by atoms with Gasteiger partial charge in [-0.2, -0.15) is 5.10 Å². The monoisotopic (exact) mass is 277 g/mol. The summed E-state index contributed by atoms with van der Waals surface area (Å²) >= 11 is 1.80. The molecule has 0 saturated heterocycles. The van der Waals surface area contributed by atoms with Crippen LogP contribution in [0.15, 0.2) is 35.5 Å². The van der Waals surface area contributed by atoms with Crippen LogP contribution < -0.4 is 5.32 Å². The summed E-state index contributed by atoms with van der Waals surface area (Å²) in [6, 6.07) is 5.30. The van der Waals surface area contributed by atoms with Crippen molar-refractivity contribution in [1.29, 1.82) is 0 Å². The van der Waals surface area contributed by atoms with Crippen LogP contribution in [0.1, 0.15) is 23.6 Å². The molecule has 2 heterocycles. The van der Waals surface area contributed by atoms with Gasteiger partial charge in [-0.05, 0) is 35.9 Å². The van der Waals surface area contributed by atoms with Crippen LogP contribution in [0.2, 0.25) is 0 Å². The average molecular weight is 277 g/mol. The molecule has 0 radical (unpaired) electrons. The largest absolute Gasteiger partial charge is 0.306 e. The molecule has 3 rings (SSSR count). The standard InChI is InChI=1S/C14H16FN3S/c1-18-9-10(8-17-18)7-16-13-4-5-19-14-3-2-11(15)6-12(13)14/h2-3,6,8-9,13,16H,4-5,7H2,1H3. The maximum Gasteiger partial charge on any atom is 0.123 e. The van der Waals surface area contributed by atoms with E-state index in [1.807, 2.05) is 25.5 Å². The maximum atomic E-state index is 13.4. The van der Waals surface area contributed by atoms with Gasteiger partial charge in [-0.15, -0.1) is 11.8 Å². The van der Waals surface area contributed by atoms with Crippen molar-refractivity contribution < 1.29 is 4.39 Å². The zero-order valence-corrected chi connectivity index (χ0v) is 11.6. The summed E-state index contributed by atoms with van der Waals surface area (Å²) < 4.78 is 15.2. The first kappa shape index (κ1) is 12.7. The van der Waals surface area contributed by atoms with Crippen LogP contribution in [-0.4, -0.2) is 15.5 Å². The minimum Gasteiger partial charge on any atom is -0.306 e. The molecule has 1 aliphatic heterocycles. The van der Waals surface area contributed by atoms with Crippen molar-refractivity contribution >= 4 is 11.8 Å². The number of benzene rings is 1. The van der Waals surface area contributed by atoms with Crippen molar-refractivity contribution in [2.45, 2.75) is 23.9 Å². The SMILES string of the molecule is Cn1cc(CNC2CCSc3ccc(F)cc32)cn1. The lowest BCUT2D eigenvalue weighted by Crippen LogP contribution is -2.24. The lowest BCUT2D eigenvalue weighted by atomic mass is 10.0. The first-order valence-electron chi connectivity index (χ1n) is 6.35.